The van der Waals surface area contributed by atoms with Crippen molar-refractivity contribution in [2.75, 3.05) is 6.61 Å². The van der Waals surface area contributed by atoms with E-state index in [1.165, 1.54) is 13.8 Å². The molecule has 2 atom stereocenters. The van der Waals surface area contributed by atoms with E-state index in [9.17, 15) is 57.9 Å². The number of alkyl halides is 11. The Morgan fingerprint density at radius 1 is 0.931 bits per heavy atom. The standard InChI is InChI=1S/C14H14F11NO3/c1-5(2)7-4-29-9(28)26(7)8(27)6(3)10(15,16)12(18,19)11(17,13(20,21)22)14(23,24)25/h5-7H,4H2,1-3H3/t6-,7-/m1/s1. The van der Waals surface area contributed by atoms with Gasteiger partial charge in [0, 0.05) is 0 Å². The van der Waals surface area contributed by atoms with Gasteiger partial charge in [-0.05, 0) is 12.8 Å². The van der Waals surface area contributed by atoms with Gasteiger partial charge in [-0.1, -0.05) is 13.8 Å². The average Bonchev–Trinajstić information content (AvgIpc) is 2.91. The van der Waals surface area contributed by atoms with Crippen LogP contribution in [0.25, 0.3) is 0 Å². The fourth-order valence-corrected chi connectivity index (χ4v) is 2.56. The van der Waals surface area contributed by atoms with E-state index in [4.69, 9.17) is 0 Å². The molecule has 1 aliphatic rings. The molecule has 1 saturated heterocycles. The van der Waals surface area contributed by atoms with Crippen LogP contribution in [0, 0.1) is 11.8 Å². The summed E-state index contributed by atoms with van der Waals surface area (Å²) in [5, 5.41) is 0. The molecule has 1 rings (SSSR count). The van der Waals surface area contributed by atoms with Crippen molar-refractivity contribution in [3.8, 4) is 0 Å². The molecule has 0 aromatic heterocycles. The van der Waals surface area contributed by atoms with Gasteiger partial charge in [-0.2, -0.15) is 43.9 Å². The van der Waals surface area contributed by atoms with Crippen molar-refractivity contribution < 1.29 is 62.6 Å². The van der Waals surface area contributed by atoms with Crippen LogP contribution in [-0.4, -0.2) is 59.4 Å². The highest BCUT2D eigenvalue weighted by atomic mass is 19.4. The molecular weight excluding hydrogens is 439 g/mol. The lowest BCUT2D eigenvalue weighted by molar-refractivity contribution is -0.429. The minimum atomic E-state index is -7.67. The van der Waals surface area contributed by atoms with E-state index in [0.29, 0.717) is 0 Å². The van der Waals surface area contributed by atoms with Gasteiger partial charge in [0.2, 0.25) is 5.91 Å². The molecule has 0 N–H and O–H groups in total. The number of hydrogen-bond donors (Lipinski definition) is 0. The number of carbonyl (C=O) groups excluding carboxylic acids is 2. The maximum atomic E-state index is 14.1. The number of cyclic esters (lactones) is 1. The first-order valence-electron chi connectivity index (χ1n) is 7.74. The Labute approximate surface area is 155 Å². The SMILES string of the molecule is CC(C)[C@H]1COC(=O)N1C(=O)[C@@H](C)C(F)(F)C(F)(F)C(F)(C(F)(F)F)C(F)(F)F. The third-order valence-electron chi connectivity index (χ3n) is 4.46. The van der Waals surface area contributed by atoms with Crippen LogP contribution in [0.2, 0.25) is 0 Å². The van der Waals surface area contributed by atoms with Crippen LogP contribution in [0.15, 0.2) is 0 Å². The number of rotatable bonds is 5. The zero-order chi connectivity index (χ0) is 23.4. The van der Waals surface area contributed by atoms with Crippen LogP contribution >= 0.6 is 0 Å². The lowest BCUT2D eigenvalue weighted by atomic mass is 9.84. The van der Waals surface area contributed by atoms with Crippen molar-refractivity contribution in [3.05, 3.63) is 0 Å². The summed E-state index contributed by atoms with van der Waals surface area (Å²) in [6.07, 6.45) is -16.6. The van der Waals surface area contributed by atoms with Crippen LogP contribution < -0.4 is 0 Å². The first-order valence-corrected chi connectivity index (χ1v) is 7.74. The number of amides is 2. The van der Waals surface area contributed by atoms with Gasteiger partial charge in [-0.3, -0.25) is 4.79 Å². The van der Waals surface area contributed by atoms with Gasteiger partial charge in [-0.15, -0.1) is 0 Å². The van der Waals surface area contributed by atoms with Crippen molar-refractivity contribution in [1.29, 1.82) is 0 Å². The fraction of sp³-hybridized carbons (Fsp3) is 0.857. The number of carbonyl (C=O) groups is 2. The molecule has 0 bridgehead atoms. The largest absolute Gasteiger partial charge is 0.447 e. The molecule has 0 unspecified atom stereocenters. The summed E-state index contributed by atoms with van der Waals surface area (Å²) in [6.45, 7) is 1.95. The highest BCUT2D eigenvalue weighted by Crippen LogP contribution is 2.60. The normalized spacial score (nSPS) is 20.9. The molecule has 2 amide bonds. The lowest BCUT2D eigenvalue weighted by Gasteiger charge is -2.41. The van der Waals surface area contributed by atoms with Gasteiger partial charge < -0.3 is 4.74 Å². The molecule has 170 valence electrons. The van der Waals surface area contributed by atoms with Gasteiger partial charge in [-0.25, -0.2) is 14.1 Å². The molecule has 0 aliphatic carbocycles. The maximum Gasteiger partial charge on any atom is 0.438 e. The van der Waals surface area contributed by atoms with Crippen LogP contribution in [0.4, 0.5) is 53.1 Å². The van der Waals surface area contributed by atoms with Crippen molar-refractivity contribution >= 4 is 12.0 Å². The molecule has 0 aromatic carbocycles. The Balaban J connectivity index is 3.47. The third kappa shape index (κ3) is 3.60. The molecule has 15 heteroatoms. The summed E-state index contributed by atoms with van der Waals surface area (Å²) in [5.74, 6) is -20.6. The van der Waals surface area contributed by atoms with Gasteiger partial charge in [0.1, 0.15) is 12.5 Å². The summed E-state index contributed by atoms with van der Waals surface area (Å²) in [7, 11) is 0. The monoisotopic (exact) mass is 453 g/mol. The van der Waals surface area contributed by atoms with E-state index in [2.05, 4.69) is 4.74 Å². The Hall–Kier alpha value is -1.83. The van der Waals surface area contributed by atoms with Crippen molar-refractivity contribution in [3.63, 3.8) is 0 Å². The Bertz CT molecular complexity index is 642. The number of ether oxygens (including phenoxy) is 1. The number of hydrogen-bond acceptors (Lipinski definition) is 3. The predicted octanol–water partition coefficient (Wildman–Crippen LogP) is 4.73. The molecule has 0 saturated carbocycles. The summed E-state index contributed by atoms with van der Waals surface area (Å²) >= 11 is 0. The summed E-state index contributed by atoms with van der Waals surface area (Å²) in [4.78, 5) is 23.5. The Morgan fingerprint density at radius 3 is 1.69 bits per heavy atom. The fourth-order valence-electron chi connectivity index (χ4n) is 2.56. The number of nitrogens with zero attached hydrogens (tertiary/aromatic N) is 1. The first kappa shape index (κ1) is 25.2. The highest BCUT2D eigenvalue weighted by Gasteiger charge is 2.90. The summed E-state index contributed by atoms with van der Waals surface area (Å²) < 4.78 is 149. The topological polar surface area (TPSA) is 46.6 Å². The zero-order valence-electron chi connectivity index (χ0n) is 14.8. The minimum absolute atomic E-state index is 0.111. The molecule has 0 aromatic rings. The van der Waals surface area contributed by atoms with E-state index >= 15 is 0 Å². The quantitative estimate of drug-likeness (QED) is 0.566. The highest BCUT2D eigenvalue weighted by molar-refractivity contribution is 5.95. The molecule has 1 aliphatic heterocycles. The average molecular weight is 453 g/mol. The first-order chi connectivity index (χ1) is 12.7. The molecule has 0 spiro atoms. The second kappa shape index (κ2) is 7.15. The Morgan fingerprint density at radius 2 is 1.34 bits per heavy atom. The Kier molecular flexibility index (Phi) is 6.21. The van der Waals surface area contributed by atoms with Crippen molar-refractivity contribution in [1.82, 2.24) is 4.90 Å². The predicted molar refractivity (Wildman–Crippen MR) is 71.8 cm³/mol. The second-order valence-electron chi connectivity index (χ2n) is 6.67. The maximum absolute atomic E-state index is 14.1. The third-order valence-corrected chi connectivity index (χ3v) is 4.46. The van der Waals surface area contributed by atoms with E-state index in [1.807, 2.05) is 0 Å². The van der Waals surface area contributed by atoms with Gasteiger partial charge in [0.15, 0.2) is 0 Å². The van der Waals surface area contributed by atoms with Gasteiger partial charge >= 0.3 is 36.0 Å². The van der Waals surface area contributed by atoms with Crippen LogP contribution in [-0.2, 0) is 9.53 Å². The molecular formula is C14H14F11NO3. The zero-order valence-corrected chi connectivity index (χ0v) is 14.8. The van der Waals surface area contributed by atoms with E-state index in [1.54, 1.807) is 0 Å². The molecule has 0 radical (unpaired) electrons. The van der Waals surface area contributed by atoms with Gasteiger partial charge in [0.25, 0.3) is 0 Å². The molecule has 1 heterocycles. The summed E-state index contributed by atoms with van der Waals surface area (Å²) in [6, 6.07) is -1.30. The number of imide groups is 1. The summed E-state index contributed by atoms with van der Waals surface area (Å²) in [5.41, 5.74) is -7.67. The second-order valence-corrected chi connectivity index (χ2v) is 6.67. The van der Waals surface area contributed by atoms with Crippen LogP contribution in [0.5, 0.6) is 0 Å². The van der Waals surface area contributed by atoms with E-state index < -0.39 is 66.4 Å². The van der Waals surface area contributed by atoms with Crippen molar-refractivity contribution in [2.24, 2.45) is 11.8 Å². The lowest BCUT2D eigenvalue weighted by Crippen LogP contribution is -2.72. The van der Waals surface area contributed by atoms with Crippen LogP contribution in [0.1, 0.15) is 20.8 Å². The molecule has 4 nitrogen and oxygen atoms in total. The minimum Gasteiger partial charge on any atom is -0.447 e. The van der Waals surface area contributed by atoms with Crippen LogP contribution in [0.3, 0.4) is 0 Å². The smallest absolute Gasteiger partial charge is 0.438 e. The van der Waals surface area contributed by atoms with E-state index in [0.717, 1.165) is 0 Å². The van der Waals surface area contributed by atoms with Gasteiger partial charge in [0.05, 0.1) is 6.04 Å². The molecule has 29 heavy (non-hydrogen) atoms. The van der Waals surface area contributed by atoms with Crippen molar-refractivity contribution in [2.45, 2.75) is 56.7 Å². The van der Waals surface area contributed by atoms with E-state index in [-0.39, 0.29) is 11.8 Å². The number of halogens is 11. The molecule has 1 fully saturated rings.